The van der Waals surface area contributed by atoms with E-state index in [4.69, 9.17) is 14.9 Å². The molecule has 0 aliphatic carbocycles. The molecule has 1 aromatic carbocycles. The average Bonchev–Trinajstić information content (AvgIpc) is 2.30. The van der Waals surface area contributed by atoms with E-state index in [-0.39, 0.29) is 11.6 Å². The third kappa shape index (κ3) is 3.15. The molecule has 1 rings (SSSR count). The summed E-state index contributed by atoms with van der Waals surface area (Å²) in [4.78, 5) is 0. The third-order valence-electron chi connectivity index (χ3n) is 2.19. The van der Waals surface area contributed by atoms with Gasteiger partial charge in [-0.1, -0.05) is 13.3 Å². The van der Waals surface area contributed by atoms with Crippen LogP contribution >= 0.6 is 0 Å². The summed E-state index contributed by atoms with van der Waals surface area (Å²) in [5.41, 5.74) is 0.603. The monoisotopic (exact) mass is 223 g/mol. The molecule has 0 bridgehead atoms. The van der Waals surface area contributed by atoms with Gasteiger partial charge in [0.05, 0.1) is 13.7 Å². The maximum absolute atomic E-state index is 9.39. The van der Waals surface area contributed by atoms with Crippen molar-refractivity contribution >= 4 is 5.90 Å². The molecule has 4 nitrogen and oxygen atoms in total. The molecule has 0 aliphatic heterocycles. The maximum Gasteiger partial charge on any atom is 0.213 e. The molecule has 0 saturated carbocycles. The number of ether oxygens (including phenoxy) is 2. The Labute approximate surface area is 95.3 Å². The van der Waals surface area contributed by atoms with Crippen LogP contribution in [0.2, 0.25) is 0 Å². The fourth-order valence-electron chi connectivity index (χ4n) is 1.22. The highest BCUT2D eigenvalue weighted by molar-refractivity contribution is 5.92. The third-order valence-corrected chi connectivity index (χ3v) is 2.19. The lowest BCUT2D eigenvalue weighted by molar-refractivity contribution is 0.295. The average molecular weight is 223 g/mol. The molecule has 0 unspecified atom stereocenters. The van der Waals surface area contributed by atoms with Crippen molar-refractivity contribution in [3.05, 3.63) is 23.8 Å². The number of benzene rings is 1. The topological polar surface area (TPSA) is 62.5 Å². The van der Waals surface area contributed by atoms with Crippen LogP contribution in [0.4, 0.5) is 0 Å². The fourth-order valence-corrected chi connectivity index (χ4v) is 1.22. The van der Waals surface area contributed by atoms with Gasteiger partial charge in [0.1, 0.15) is 0 Å². The van der Waals surface area contributed by atoms with E-state index in [1.807, 2.05) is 0 Å². The second-order valence-corrected chi connectivity index (χ2v) is 3.42. The lowest BCUT2D eigenvalue weighted by Gasteiger charge is -2.09. The number of methoxy groups -OCH3 is 1. The maximum atomic E-state index is 9.39. The number of hydrogen-bond donors (Lipinski definition) is 2. The smallest absolute Gasteiger partial charge is 0.213 e. The zero-order chi connectivity index (χ0) is 12.0. The highest BCUT2D eigenvalue weighted by Crippen LogP contribution is 2.26. The van der Waals surface area contributed by atoms with Gasteiger partial charge in [-0.15, -0.1) is 0 Å². The molecule has 0 radical (unpaired) electrons. The Kier molecular flexibility index (Phi) is 4.64. The number of nitrogens with one attached hydrogen (secondary N) is 1. The van der Waals surface area contributed by atoms with E-state index in [2.05, 4.69) is 6.92 Å². The van der Waals surface area contributed by atoms with Crippen molar-refractivity contribution in [3.8, 4) is 11.5 Å². The minimum absolute atomic E-state index is 0.0626. The van der Waals surface area contributed by atoms with E-state index < -0.39 is 0 Å². The molecule has 0 fully saturated rings. The minimum Gasteiger partial charge on any atom is -0.504 e. The first-order valence-electron chi connectivity index (χ1n) is 5.27. The molecule has 0 heterocycles. The zero-order valence-corrected chi connectivity index (χ0v) is 9.62. The van der Waals surface area contributed by atoms with E-state index in [0.29, 0.717) is 17.9 Å². The lowest BCUT2D eigenvalue weighted by atomic mass is 10.2. The van der Waals surface area contributed by atoms with E-state index in [0.717, 1.165) is 12.8 Å². The summed E-state index contributed by atoms with van der Waals surface area (Å²) in [7, 11) is 1.47. The molecule has 4 heteroatoms. The summed E-state index contributed by atoms with van der Waals surface area (Å²) >= 11 is 0. The van der Waals surface area contributed by atoms with E-state index in [9.17, 15) is 5.11 Å². The molecule has 0 aromatic heterocycles. The van der Waals surface area contributed by atoms with Crippen LogP contribution in [0.25, 0.3) is 0 Å². The number of hydrogen-bond acceptors (Lipinski definition) is 4. The number of phenols is 1. The molecular weight excluding hydrogens is 206 g/mol. The van der Waals surface area contributed by atoms with Gasteiger partial charge in [0.15, 0.2) is 11.5 Å². The first-order chi connectivity index (χ1) is 7.69. The van der Waals surface area contributed by atoms with Crippen LogP contribution in [0.15, 0.2) is 18.2 Å². The summed E-state index contributed by atoms with van der Waals surface area (Å²) in [6.45, 7) is 2.61. The summed E-state index contributed by atoms with van der Waals surface area (Å²) in [5.74, 6) is 0.515. The molecular formula is C12H17NO3. The van der Waals surface area contributed by atoms with Crippen LogP contribution in [0, 0.1) is 5.41 Å². The molecule has 16 heavy (non-hydrogen) atoms. The molecule has 0 spiro atoms. The van der Waals surface area contributed by atoms with Crippen molar-refractivity contribution in [2.75, 3.05) is 13.7 Å². The van der Waals surface area contributed by atoms with Gasteiger partial charge in [0, 0.05) is 5.56 Å². The van der Waals surface area contributed by atoms with Crippen molar-refractivity contribution in [1.82, 2.24) is 0 Å². The van der Waals surface area contributed by atoms with Crippen LogP contribution < -0.4 is 4.74 Å². The van der Waals surface area contributed by atoms with Gasteiger partial charge in [-0.3, -0.25) is 5.41 Å². The lowest BCUT2D eigenvalue weighted by Crippen LogP contribution is -2.06. The molecule has 0 atom stereocenters. The number of rotatable bonds is 5. The Morgan fingerprint density at radius 1 is 1.44 bits per heavy atom. The molecule has 0 saturated heterocycles. The SMILES string of the molecule is CCCCOC(=N)c1ccc(O)c(OC)c1. The van der Waals surface area contributed by atoms with Crippen LogP contribution in [0.1, 0.15) is 25.3 Å². The second-order valence-electron chi connectivity index (χ2n) is 3.42. The molecule has 0 amide bonds. The van der Waals surface area contributed by atoms with E-state index in [1.54, 1.807) is 12.1 Å². The van der Waals surface area contributed by atoms with Crippen LogP contribution in [-0.2, 0) is 4.74 Å². The first-order valence-corrected chi connectivity index (χ1v) is 5.27. The van der Waals surface area contributed by atoms with Gasteiger partial charge < -0.3 is 14.6 Å². The van der Waals surface area contributed by atoms with Gasteiger partial charge in [-0.05, 0) is 24.6 Å². The van der Waals surface area contributed by atoms with Crippen LogP contribution in [0.3, 0.4) is 0 Å². The number of aromatic hydroxyl groups is 1. The van der Waals surface area contributed by atoms with Crippen molar-refractivity contribution in [1.29, 1.82) is 5.41 Å². The van der Waals surface area contributed by atoms with Gasteiger partial charge in [-0.25, -0.2) is 0 Å². The Bertz CT molecular complexity index is 363. The summed E-state index contributed by atoms with van der Waals surface area (Å²) < 4.78 is 10.2. The number of unbranched alkanes of at least 4 members (excludes halogenated alkanes) is 1. The zero-order valence-electron chi connectivity index (χ0n) is 9.62. The van der Waals surface area contributed by atoms with Gasteiger partial charge in [0.2, 0.25) is 5.90 Å². The molecule has 88 valence electrons. The van der Waals surface area contributed by atoms with Gasteiger partial charge in [-0.2, -0.15) is 0 Å². The summed E-state index contributed by atoms with van der Waals surface area (Å²) in [6.07, 6.45) is 1.96. The first kappa shape index (κ1) is 12.4. The fraction of sp³-hybridized carbons (Fsp3) is 0.417. The predicted molar refractivity (Wildman–Crippen MR) is 62.3 cm³/mol. The second kappa shape index (κ2) is 6.00. The highest BCUT2D eigenvalue weighted by Gasteiger charge is 2.07. The molecule has 0 aliphatic rings. The summed E-state index contributed by atoms with van der Waals surface area (Å²) in [5, 5.41) is 17.1. The predicted octanol–water partition coefficient (Wildman–Crippen LogP) is 2.54. The van der Waals surface area contributed by atoms with Crippen molar-refractivity contribution in [2.45, 2.75) is 19.8 Å². The normalized spacial score (nSPS) is 9.88. The van der Waals surface area contributed by atoms with Gasteiger partial charge in [0.25, 0.3) is 0 Å². The van der Waals surface area contributed by atoms with Crippen molar-refractivity contribution < 1.29 is 14.6 Å². The Hall–Kier alpha value is -1.71. The number of phenolic OH excluding ortho intramolecular Hbond substituents is 1. The van der Waals surface area contributed by atoms with Crippen LogP contribution in [-0.4, -0.2) is 24.7 Å². The summed E-state index contributed by atoms with van der Waals surface area (Å²) in [6, 6.07) is 4.71. The minimum atomic E-state index is 0.0626. The Morgan fingerprint density at radius 2 is 2.19 bits per heavy atom. The van der Waals surface area contributed by atoms with E-state index in [1.165, 1.54) is 13.2 Å². The Balaban J connectivity index is 2.68. The Morgan fingerprint density at radius 3 is 2.81 bits per heavy atom. The standard InChI is InChI=1S/C12H17NO3/c1-3-4-7-16-12(13)9-5-6-10(14)11(8-9)15-2/h5-6,8,13-14H,3-4,7H2,1-2H3. The van der Waals surface area contributed by atoms with Crippen molar-refractivity contribution in [3.63, 3.8) is 0 Å². The quantitative estimate of drug-likeness (QED) is 0.458. The largest absolute Gasteiger partial charge is 0.504 e. The molecule has 2 N–H and O–H groups in total. The highest BCUT2D eigenvalue weighted by atomic mass is 16.5. The van der Waals surface area contributed by atoms with E-state index >= 15 is 0 Å². The van der Waals surface area contributed by atoms with Crippen LogP contribution in [0.5, 0.6) is 11.5 Å². The van der Waals surface area contributed by atoms with Gasteiger partial charge >= 0.3 is 0 Å². The molecule has 1 aromatic rings. The van der Waals surface area contributed by atoms with Crippen molar-refractivity contribution in [2.24, 2.45) is 0 Å².